The molecule has 0 aromatic carbocycles. The highest BCUT2D eigenvalue weighted by atomic mass is 16.6. The SMILES string of the molecule is CCOC(=O)C(=COC1C=CC=C1)OC1C=CC=C1. The first-order valence-corrected chi connectivity index (χ1v) is 6.19. The molecule has 4 heteroatoms. The number of carbonyl (C=O) groups is 1. The number of allylic oxidation sites excluding steroid dienone is 4. The molecule has 0 fully saturated rings. The van der Waals surface area contributed by atoms with Crippen LogP contribution in [0.4, 0.5) is 0 Å². The highest BCUT2D eigenvalue weighted by Gasteiger charge is 2.18. The molecule has 0 heterocycles. The van der Waals surface area contributed by atoms with Crippen molar-refractivity contribution in [3.8, 4) is 0 Å². The molecule has 0 unspecified atom stereocenters. The normalized spacial score (nSPS) is 18.3. The van der Waals surface area contributed by atoms with Crippen LogP contribution in [0.25, 0.3) is 0 Å². The summed E-state index contributed by atoms with van der Waals surface area (Å²) in [6.07, 6.45) is 15.8. The van der Waals surface area contributed by atoms with Gasteiger partial charge in [-0.2, -0.15) is 0 Å². The molecule has 0 aliphatic heterocycles. The zero-order chi connectivity index (χ0) is 13.5. The molecule has 0 aromatic heterocycles. The molecule has 0 saturated heterocycles. The molecular weight excluding hydrogens is 244 g/mol. The van der Waals surface area contributed by atoms with Crippen LogP contribution in [0, 0.1) is 0 Å². The molecule has 0 radical (unpaired) electrons. The van der Waals surface area contributed by atoms with E-state index in [-0.39, 0.29) is 18.0 Å². The zero-order valence-electron chi connectivity index (χ0n) is 10.7. The number of rotatable bonds is 6. The molecule has 0 bridgehead atoms. The Balaban J connectivity index is 1.99. The Morgan fingerprint density at radius 1 is 1.05 bits per heavy atom. The zero-order valence-corrected chi connectivity index (χ0v) is 10.7. The Morgan fingerprint density at radius 2 is 1.63 bits per heavy atom. The van der Waals surface area contributed by atoms with E-state index in [1.54, 1.807) is 6.92 Å². The van der Waals surface area contributed by atoms with E-state index in [2.05, 4.69) is 0 Å². The van der Waals surface area contributed by atoms with Crippen molar-refractivity contribution in [3.63, 3.8) is 0 Å². The van der Waals surface area contributed by atoms with Gasteiger partial charge < -0.3 is 14.2 Å². The Kier molecular flexibility index (Phi) is 4.61. The molecule has 19 heavy (non-hydrogen) atoms. The number of hydrogen-bond donors (Lipinski definition) is 0. The molecule has 100 valence electrons. The Bertz CT molecular complexity index is 445. The molecule has 0 N–H and O–H groups in total. The van der Waals surface area contributed by atoms with E-state index in [0.29, 0.717) is 6.61 Å². The van der Waals surface area contributed by atoms with Crippen molar-refractivity contribution in [3.05, 3.63) is 60.6 Å². The summed E-state index contributed by atoms with van der Waals surface area (Å²) in [4.78, 5) is 11.8. The lowest BCUT2D eigenvalue weighted by atomic mass is 10.4. The average molecular weight is 260 g/mol. The lowest BCUT2D eigenvalue weighted by molar-refractivity contribution is -0.143. The largest absolute Gasteiger partial charge is 0.486 e. The van der Waals surface area contributed by atoms with Crippen molar-refractivity contribution in [1.82, 2.24) is 0 Å². The third-order valence-electron chi connectivity index (χ3n) is 2.50. The lowest BCUT2D eigenvalue weighted by Gasteiger charge is -2.13. The fourth-order valence-electron chi connectivity index (χ4n) is 1.61. The lowest BCUT2D eigenvalue weighted by Crippen LogP contribution is -2.16. The third-order valence-corrected chi connectivity index (χ3v) is 2.50. The summed E-state index contributed by atoms with van der Waals surface area (Å²) in [5.41, 5.74) is 0. The number of esters is 1. The molecular formula is C15H16O4. The van der Waals surface area contributed by atoms with Crippen LogP contribution in [0.15, 0.2) is 60.6 Å². The van der Waals surface area contributed by atoms with Crippen LogP contribution < -0.4 is 0 Å². The Morgan fingerprint density at radius 3 is 2.21 bits per heavy atom. The van der Waals surface area contributed by atoms with Crippen LogP contribution in [-0.2, 0) is 19.0 Å². The van der Waals surface area contributed by atoms with Gasteiger partial charge >= 0.3 is 5.97 Å². The fraction of sp³-hybridized carbons (Fsp3) is 0.267. The third kappa shape index (κ3) is 3.88. The molecule has 2 aliphatic carbocycles. The van der Waals surface area contributed by atoms with Gasteiger partial charge in [-0.15, -0.1) is 0 Å². The predicted octanol–water partition coefficient (Wildman–Crippen LogP) is 2.41. The van der Waals surface area contributed by atoms with Gasteiger partial charge in [0, 0.05) is 0 Å². The van der Waals surface area contributed by atoms with Crippen LogP contribution in [-0.4, -0.2) is 24.8 Å². The van der Waals surface area contributed by atoms with Crippen molar-refractivity contribution < 1.29 is 19.0 Å². The van der Waals surface area contributed by atoms with E-state index in [1.165, 1.54) is 6.26 Å². The summed E-state index contributed by atoms with van der Waals surface area (Å²) < 4.78 is 15.9. The standard InChI is InChI=1S/C15H16O4/c1-2-17-15(16)14(19-13-9-5-6-10-13)11-18-12-7-3-4-8-12/h3-13H,2H2,1H3. The molecule has 2 rings (SSSR count). The maximum absolute atomic E-state index is 11.8. The highest BCUT2D eigenvalue weighted by molar-refractivity contribution is 5.86. The first kappa shape index (κ1) is 13.2. The van der Waals surface area contributed by atoms with Gasteiger partial charge in [0.2, 0.25) is 5.76 Å². The summed E-state index contributed by atoms with van der Waals surface area (Å²) in [6.45, 7) is 2.04. The maximum Gasteiger partial charge on any atom is 0.376 e. The topological polar surface area (TPSA) is 44.8 Å². The first-order valence-electron chi connectivity index (χ1n) is 6.19. The molecule has 0 spiro atoms. The Labute approximate surface area is 112 Å². The second-order valence-electron chi connectivity index (χ2n) is 3.93. The summed E-state index contributed by atoms with van der Waals surface area (Å²) in [5, 5.41) is 0. The van der Waals surface area contributed by atoms with Crippen molar-refractivity contribution in [2.24, 2.45) is 0 Å². The molecule has 4 nitrogen and oxygen atoms in total. The van der Waals surface area contributed by atoms with Crippen LogP contribution in [0.1, 0.15) is 6.92 Å². The fourth-order valence-corrected chi connectivity index (χ4v) is 1.61. The van der Waals surface area contributed by atoms with Gasteiger partial charge in [-0.3, -0.25) is 0 Å². The van der Waals surface area contributed by atoms with Crippen molar-refractivity contribution in [2.75, 3.05) is 6.61 Å². The smallest absolute Gasteiger partial charge is 0.376 e. The molecule has 0 aromatic rings. The summed E-state index contributed by atoms with van der Waals surface area (Å²) in [5.74, 6) is -0.459. The van der Waals surface area contributed by atoms with E-state index in [4.69, 9.17) is 14.2 Å². The van der Waals surface area contributed by atoms with Gasteiger partial charge in [0.15, 0.2) is 0 Å². The predicted molar refractivity (Wildman–Crippen MR) is 71.0 cm³/mol. The van der Waals surface area contributed by atoms with Crippen LogP contribution in [0.5, 0.6) is 0 Å². The highest BCUT2D eigenvalue weighted by Crippen LogP contribution is 2.14. The van der Waals surface area contributed by atoms with Crippen LogP contribution >= 0.6 is 0 Å². The van der Waals surface area contributed by atoms with Crippen molar-refractivity contribution >= 4 is 5.97 Å². The maximum atomic E-state index is 11.8. The number of ether oxygens (including phenoxy) is 3. The summed E-state index contributed by atoms with van der Waals surface area (Å²) >= 11 is 0. The van der Waals surface area contributed by atoms with E-state index < -0.39 is 5.97 Å². The minimum absolute atomic E-state index is 0.0664. The van der Waals surface area contributed by atoms with Gasteiger partial charge in [0.25, 0.3) is 0 Å². The quantitative estimate of drug-likeness (QED) is 0.418. The summed E-state index contributed by atoms with van der Waals surface area (Å²) in [7, 11) is 0. The minimum Gasteiger partial charge on any atom is -0.486 e. The van der Waals surface area contributed by atoms with Crippen LogP contribution in [0.3, 0.4) is 0 Å². The van der Waals surface area contributed by atoms with Crippen molar-refractivity contribution in [1.29, 1.82) is 0 Å². The average Bonchev–Trinajstić information content (AvgIpc) is 3.08. The van der Waals surface area contributed by atoms with E-state index in [0.717, 1.165) is 0 Å². The molecule has 0 amide bonds. The summed E-state index contributed by atoms with van der Waals surface area (Å²) in [6, 6.07) is 0. The van der Waals surface area contributed by atoms with E-state index >= 15 is 0 Å². The van der Waals surface area contributed by atoms with Gasteiger partial charge in [-0.05, 0) is 31.2 Å². The van der Waals surface area contributed by atoms with Gasteiger partial charge in [-0.25, -0.2) is 4.79 Å². The number of hydrogen-bond acceptors (Lipinski definition) is 4. The monoisotopic (exact) mass is 260 g/mol. The number of carbonyl (C=O) groups excluding carboxylic acids is 1. The molecule has 0 atom stereocenters. The molecule has 2 aliphatic rings. The van der Waals surface area contributed by atoms with E-state index in [9.17, 15) is 4.79 Å². The van der Waals surface area contributed by atoms with Gasteiger partial charge in [0.05, 0.1) is 6.61 Å². The van der Waals surface area contributed by atoms with Gasteiger partial charge in [-0.1, -0.05) is 24.3 Å². The second kappa shape index (κ2) is 6.64. The first-order chi connectivity index (χ1) is 9.29. The van der Waals surface area contributed by atoms with Gasteiger partial charge in [0.1, 0.15) is 18.5 Å². The molecule has 0 saturated carbocycles. The second-order valence-corrected chi connectivity index (χ2v) is 3.93. The van der Waals surface area contributed by atoms with Crippen LogP contribution in [0.2, 0.25) is 0 Å². The van der Waals surface area contributed by atoms with Crippen molar-refractivity contribution in [2.45, 2.75) is 19.1 Å². The Hall–Kier alpha value is -2.23. The minimum atomic E-state index is -0.526. The van der Waals surface area contributed by atoms with E-state index in [1.807, 2.05) is 48.6 Å².